The lowest BCUT2D eigenvalue weighted by Gasteiger charge is -2.24. The van der Waals surface area contributed by atoms with E-state index in [2.05, 4.69) is 4.98 Å². The van der Waals surface area contributed by atoms with Crippen LogP contribution in [0, 0.1) is 0 Å². The number of rotatable bonds is 3. The average Bonchev–Trinajstić information content (AvgIpc) is 2.90. The number of anilines is 1. The molecular weight excluding hydrogens is 246 g/mol. The number of hydrogen-bond acceptors (Lipinski definition) is 4. The summed E-state index contributed by atoms with van der Waals surface area (Å²) in [5, 5.41) is 1.75. The van der Waals surface area contributed by atoms with Gasteiger partial charge in [-0.3, -0.25) is 4.79 Å². The molecule has 2 aromatic rings. The van der Waals surface area contributed by atoms with Crippen LogP contribution in [0.2, 0.25) is 0 Å². The van der Waals surface area contributed by atoms with Crippen LogP contribution >= 0.6 is 11.3 Å². The van der Waals surface area contributed by atoms with E-state index in [4.69, 9.17) is 5.73 Å². The summed E-state index contributed by atoms with van der Waals surface area (Å²) in [5.74, 6) is -0.0776. The lowest BCUT2D eigenvalue weighted by atomic mass is 10.1. The van der Waals surface area contributed by atoms with Crippen LogP contribution in [0.25, 0.3) is 0 Å². The van der Waals surface area contributed by atoms with Crippen molar-refractivity contribution in [3.63, 3.8) is 0 Å². The highest BCUT2D eigenvalue weighted by Gasteiger charge is 2.20. The summed E-state index contributed by atoms with van der Waals surface area (Å²) in [6.45, 7) is 1.97. The van der Waals surface area contributed by atoms with E-state index in [1.165, 1.54) is 11.3 Å². The number of carbonyl (C=O) groups excluding carboxylic acids is 1. The molecule has 1 aromatic heterocycles. The first-order valence-corrected chi connectivity index (χ1v) is 6.54. The smallest absolute Gasteiger partial charge is 0.273 e. The molecule has 2 N–H and O–H groups in total. The molecule has 0 saturated heterocycles. The highest BCUT2D eigenvalue weighted by Crippen LogP contribution is 2.22. The van der Waals surface area contributed by atoms with Crippen LogP contribution in [0.4, 0.5) is 5.69 Å². The van der Waals surface area contributed by atoms with Crippen LogP contribution in [0.15, 0.2) is 35.2 Å². The lowest BCUT2D eigenvalue weighted by molar-refractivity contribution is 0.0737. The largest absolute Gasteiger partial charge is 0.399 e. The second-order valence-electron chi connectivity index (χ2n) is 4.14. The van der Waals surface area contributed by atoms with Gasteiger partial charge in [0.2, 0.25) is 0 Å². The minimum atomic E-state index is -0.0776. The first-order valence-electron chi connectivity index (χ1n) is 5.60. The summed E-state index contributed by atoms with van der Waals surface area (Å²) in [6.07, 6.45) is 0. The molecule has 0 saturated carbocycles. The summed E-state index contributed by atoms with van der Waals surface area (Å²) in [7, 11) is 1.77. The van der Waals surface area contributed by atoms with Crippen molar-refractivity contribution in [1.29, 1.82) is 0 Å². The van der Waals surface area contributed by atoms with Crippen molar-refractivity contribution < 1.29 is 4.79 Å². The third-order valence-corrected chi connectivity index (χ3v) is 3.53. The summed E-state index contributed by atoms with van der Waals surface area (Å²) < 4.78 is 0. The van der Waals surface area contributed by atoms with Gasteiger partial charge in [-0.1, -0.05) is 12.1 Å². The molecule has 0 aliphatic carbocycles. The van der Waals surface area contributed by atoms with Gasteiger partial charge in [-0.2, -0.15) is 0 Å². The molecule has 0 bridgehead atoms. The second-order valence-corrected chi connectivity index (χ2v) is 4.85. The maximum absolute atomic E-state index is 12.1. The maximum Gasteiger partial charge on any atom is 0.273 e. The topological polar surface area (TPSA) is 59.2 Å². The normalized spacial score (nSPS) is 12.1. The van der Waals surface area contributed by atoms with Crippen molar-refractivity contribution in [2.75, 3.05) is 12.8 Å². The van der Waals surface area contributed by atoms with Crippen LogP contribution in [-0.2, 0) is 0 Å². The predicted octanol–water partition coefficient (Wildman–Crippen LogP) is 2.56. The Balaban J connectivity index is 2.18. The maximum atomic E-state index is 12.1. The zero-order valence-electron chi connectivity index (χ0n) is 10.3. The third-order valence-electron chi connectivity index (χ3n) is 2.95. The predicted molar refractivity (Wildman–Crippen MR) is 73.5 cm³/mol. The van der Waals surface area contributed by atoms with E-state index in [0.717, 1.165) is 5.56 Å². The first-order chi connectivity index (χ1) is 8.59. The number of hydrogen-bond donors (Lipinski definition) is 1. The molecule has 1 heterocycles. The van der Waals surface area contributed by atoms with Gasteiger partial charge in [-0.25, -0.2) is 4.98 Å². The molecule has 94 valence electrons. The molecule has 0 radical (unpaired) electrons. The number of aromatic nitrogens is 1. The molecule has 0 aliphatic heterocycles. The number of nitrogens with two attached hydrogens (primary N) is 1. The third kappa shape index (κ3) is 2.51. The summed E-state index contributed by atoms with van der Waals surface area (Å²) in [5.41, 5.74) is 9.61. The second kappa shape index (κ2) is 5.18. The SMILES string of the molecule is CC(c1cccc(N)c1)N(C)C(=O)c1cscn1. The molecule has 1 atom stereocenters. The van der Waals surface area contributed by atoms with Crippen molar-refractivity contribution >= 4 is 22.9 Å². The molecular formula is C13H15N3OS. The fraction of sp³-hybridized carbons (Fsp3) is 0.231. The fourth-order valence-electron chi connectivity index (χ4n) is 1.72. The van der Waals surface area contributed by atoms with E-state index < -0.39 is 0 Å². The first kappa shape index (κ1) is 12.6. The number of benzene rings is 1. The van der Waals surface area contributed by atoms with Crippen LogP contribution in [-0.4, -0.2) is 22.8 Å². The Bertz CT molecular complexity index is 539. The van der Waals surface area contributed by atoms with Crippen molar-refractivity contribution in [2.45, 2.75) is 13.0 Å². The fourth-order valence-corrected chi connectivity index (χ4v) is 2.24. The van der Waals surface area contributed by atoms with Crippen molar-refractivity contribution in [3.8, 4) is 0 Å². The minimum Gasteiger partial charge on any atom is -0.399 e. The Kier molecular flexibility index (Phi) is 3.62. The van der Waals surface area contributed by atoms with E-state index in [9.17, 15) is 4.79 Å². The summed E-state index contributed by atoms with van der Waals surface area (Å²) in [4.78, 5) is 17.8. The zero-order chi connectivity index (χ0) is 13.1. The van der Waals surface area contributed by atoms with Gasteiger partial charge < -0.3 is 10.6 Å². The quantitative estimate of drug-likeness (QED) is 0.864. The number of thiazole rings is 1. The molecule has 1 amide bonds. The molecule has 2 rings (SSSR count). The highest BCUT2D eigenvalue weighted by molar-refractivity contribution is 7.07. The molecule has 1 aromatic carbocycles. The lowest BCUT2D eigenvalue weighted by Crippen LogP contribution is -2.29. The van der Waals surface area contributed by atoms with E-state index in [1.807, 2.05) is 31.2 Å². The summed E-state index contributed by atoms with van der Waals surface area (Å²) >= 11 is 1.42. The number of nitrogen functional groups attached to an aromatic ring is 1. The van der Waals surface area contributed by atoms with Crippen molar-refractivity contribution in [3.05, 3.63) is 46.4 Å². The Hall–Kier alpha value is -1.88. The van der Waals surface area contributed by atoms with E-state index in [1.54, 1.807) is 22.8 Å². The zero-order valence-corrected chi connectivity index (χ0v) is 11.1. The van der Waals surface area contributed by atoms with Crippen molar-refractivity contribution in [2.24, 2.45) is 0 Å². The molecule has 1 unspecified atom stereocenters. The number of nitrogens with zero attached hydrogens (tertiary/aromatic N) is 2. The van der Waals surface area contributed by atoms with Crippen molar-refractivity contribution in [1.82, 2.24) is 9.88 Å². The van der Waals surface area contributed by atoms with Gasteiger partial charge >= 0.3 is 0 Å². The van der Waals surface area contributed by atoms with Crippen LogP contribution in [0.5, 0.6) is 0 Å². The van der Waals surface area contributed by atoms with Crippen LogP contribution in [0.1, 0.15) is 29.0 Å². The summed E-state index contributed by atoms with van der Waals surface area (Å²) in [6, 6.07) is 7.53. The number of amides is 1. The van der Waals surface area contributed by atoms with Gasteiger partial charge in [0, 0.05) is 18.1 Å². The van der Waals surface area contributed by atoms with Gasteiger partial charge in [0.05, 0.1) is 11.6 Å². The number of carbonyl (C=O) groups is 1. The monoisotopic (exact) mass is 261 g/mol. The van der Waals surface area contributed by atoms with Gasteiger partial charge in [0.25, 0.3) is 5.91 Å². The van der Waals surface area contributed by atoms with E-state index in [-0.39, 0.29) is 11.9 Å². The van der Waals surface area contributed by atoms with E-state index in [0.29, 0.717) is 11.4 Å². The Morgan fingerprint density at radius 1 is 1.50 bits per heavy atom. The molecule has 4 nitrogen and oxygen atoms in total. The van der Waals surface area contributed by atoms with E-state index >= 15 is 0 Å². The van der Waals surface area contributed by atoms with Gasteiger partial charge in [0.15, 0.2) is 0 Å². The molecule has 18 heavy (non-hydrogen) atoms. The minimum absolute atomic E-state index is 0.0392. The average molecular weight is 261 g/mol. The van der Waals surface area contributed by atoms with Crippen LogP contribution < -0.4 is 5.73 Å². The van der Waals surface area contributed by atoms with Gasteiger partial charge in [-0.15, -0.1) is 11.3 Å². The van der Waals surface area contributed by atoms with Crippen LogP contribution in [0.3, 0.4) is 0 Å². The van der Waals surface area contributed by atoms with Gasteiger partial charge in [0.1, 0.15) is 5.69 Å². The Morgan fingerprint density at radius 2 is 2.28 bits per heavy atom. The molecule has 0 spiro atoms. The standard InChI is InChI=1S/C13H15N3OS/c1-9(10-4-3-5-11(14)6-10)16(2)13(17)12-7-18-8-15-12/h3-9H,14H2,1-2H3. The van der Waals surface area contributed by atoms with Gasteiger partial charge in [-0.05, 0) is 24.6 Å². The molecule has 0 fully saturated rings. The molecule has 0 aliphatic rings. The highest BCUT2D eigenvalue weighted by atomic mass is 32.1. The Morgan fingerprint density at radius 3 is 2.89 bits per heavy atom. The molecule has 5 heteroatoms. The Labute approximate surface area is 110 Å².